The Hall–Kier alpha value is -2.37. The van der Waals surface area contributed by atoms with Crippen LogP contribution < -0.4 is 10.6 Å². The van der Waals surface area contributed by atoms with Gasteiger partial charge < -0.3 is 10.6 Å². The summed E-state index contributed by atoms with van der Waals surface area (Å²) in [4.78, 5) is 16.9. The largest absolute Gasteiger partial charge is 0.355 e. The molecule has 0 aliphatic carbocycles. The Labute approximate surface area is 166 Å². The second-order valence-electron chi connectivity index (χ2n) is 6.29. The number of carbonyl (C=O) groups excluding carboxylic acids is 1. The lowest BCUT2D eigenvalue weighted by Gasteiger charge is -2.10. The molecule has 6 heteroatoms. The Morgan fingerprint density at radius 3 is 2.52 bits per heavy atom. The van der Waals surface area contributed by atoms with Crippen molar-refractivity contribution in [1.29, 1.82) is 0 Å². The van der Waals surface area contributed by atoms with Crippen molar-refractivity contribution in [2.24, 2.45) is 0 Å². The van der Waals surface area contributed by atoms with Crippen LogP contribution in [0.15, 0.2) is 54.6 Å². The zero-order valence-electron chi connectivity index (χ0n) is 15.6. The molecule has 2 aromatic carbocycles. The number of benzene rings is 2. The van der Waals surface area contributed by atoms with Crippen LogP contribution in [0.2, 0.25) is 0 Å². The number of hydrogen-bond donors (Lipinski definition) is 2. The van der Waals surface area contributed by atoms with Gasteiger partial charge in [-0.25, -0.2) is 4.98 Å². The molecule has 2 N–H and O–H groups in total. The third kappa shape index (κ3) is 5.55. The second kappa shape index (κ2) is 10.7. The van der Waals surface area contributed by atoms with Gasteiger partial charge in [0.15, 0.2) is 0 Å². The zero-order chi connectivity index (χ0) is 18.2. The Morgan fingerprint density at radius 2 is 1.74 bits per heavy atom. The van der Waals surface area contributed by atoms with Crippen molar-refractivity contribution in [3.63, 3.8) is 0 Å². The number of nitrogens with one attached hydrogen (secondary N) is 2. The van der Waals surface area contributed by atoms with Gasteiger partial charge in [-0.2, -0.15) is 0 Å². The topological polar surface area (TPSA) is 58.9 Å². The van der Waals surface area contributed by atoms with Gasteiger partial charge >= 0.3 is 0 Å². The molecule has 0 aliphatic rings. The summed E-state index contributed by atoms with van der Waals surface area (Å²) in [7, 11) is 0. The van der Waals surface area contributed by atoms with Crippen LogP contribution in [-0.2, 0) is 11.2 Å². The number of halogens is 1. The molecular weight excluding hydrogens is 360 g/mol. The molecule has 0 unspecified atom stereocenters. The molecule has 0 saturated carbocycles. The summed E-state index contributed by atoms with van der Waals surface area (Å²) < 4.78 is 2.14. The summed E-state index contributed by atoms with van der Waals surface area (Å²) in [5, 5.41) is 6.25. The first-order valence-corrected chi connectivity index (χ1v) is 9.29. The molecule has 5 nitrogen and oxygen atoms in total. The third-order valence-corrected chi connectivity index (χ3v) is 4.27. The Morgan fingerprint density at radius 1 is 1.00 bits per heavy atom. The number of rotatable bonds is 9. The predicted octanol–water partition coefficient (Wildman–Crippen LogP) is 3.50. The van der Waals surface area contributed by atoms with Crippen LogP contribution in [0.1, 0.15) is 25.6 Å². The second-order valence-corrected chi connectivity index (χ2v) is 6.29. The fraction of sp³-hybridized carbons (Fsp3) is 0.333. The number of carbonyl (C=O) groups is 1. The Kier molecular flexibility index (Phi) is 8.30. The summed E-state index contributed by atoms with van der Waals surface area (Å²) in [6.07, 6.45) is 2.14. The molecule has 0 bridgehead atoms. The Bertz CT molecular complexity index is 848. The van der Waals surface area contributed by atoms with E-state index < -0.39 is 0 Å². The highest BCUT2D eigenvalue weighted by molar-refractivity contribution is 5.85. The smallest absolute Gasteiger partial charge is 0.220 e. The van der Waals surface area contributed by atoms with Gasteiger partial charge in [0, 0.05) is 31.6 Å². The van der Waals surface area contributed by atoms with Gasteiger partial charge in [-0.3, -0.25) is 9.36 Å². The standard InChI is InChI=1S/C21H26N4O.ClH/c1-2-14-22-15-16-23-21(26)13-12-20-24-18-10-6-7-11-19(18)25(20)17-8-4-3-5-9-17;/h3-11,22H,2,12-16H2,1H3,(H,23,26);1H. The maximum atomic E-state index is 12.1. The van der Waals surface area contributed by atoms with Gasteiger partial charge in [-0.15, -0.1) is 12.4 Å². The van der Waals surface area contributed by atoms with Crippen LogP contribution in [0, 0.1) is 0 Å². The molecule has 0 radical (unpaired) electrons. The van der Waals surface area contributed by atoms with Crippen molar-refractivity contribution in [3.8, 4) is 5.69 Å². The normalized spacial score (nSPS) is 10.6. The molecule has 0 aliphatic heterocycles. The molecule has 0 atom stereocenters. The average molecular weight is 387 g/mol. The third-order valence-electron chi connectivity index (χ3n) is 4.27. The van der Waals surface area contributed by atoms with Gasteiger partial charge in [-0.1, -0.05) is 37.3 Å². The van der Waals surface area contributed by atoms with Crippen molar-refractivity contribution < 1.29 is 4.79 Å². The predicted molar refractivity (Wildman–Crippen MR) is 113 cm³/mol. The molecule has 0 spiro atoms. The molecule has 0 fully saturated rings. The number of fused-ring (bicyclic) bond motifs is 1. The van der Waals surface area contributed by atoms with Crippen molar-refractivity contribution in [2.75, 3.05) is 19.6 Å². The molecule has 27 heavy (non-hydrogen) atoms. The summed E-state index contributed by atoms with van der Waals surface area (Å²) in [6.45, 7) is 4.58. The fourth-order valence-electron chi connectivity index (χ4n) is 3.01. The summed E-state index contributed by atoms with van der Waals surface area (Å²) >= 11 is 0. The van der Waals surface area contributed by atoms with E-state index in [4.69, 9.17) is 4.98 Å². The first-order chi connectivity index (χ1) is 12.8. The van der Waals surface area contributed by atoms with Crippen molar-refractivity contribution in [1.82, 2.24) is 20.2 Å². The monoisotopic (exact) mass is 386 g/mol. The van der Waals surface area contributed by atoms with Crippen LogP contribution in [0.4, 0.5) is 0 Å². The minimum atomic E-state index is 0. The van der Waals surface area contributed by atoms with E-state index in [0.29, 0.717) is 19.4 Å². The molecule has 0 saturated heterocycles. The lowest BCUT2D eigenvalue weighted by Crippen LogP contribution is -2.32. The zero-order valence-corrected chi connectivity index (χ0v) is 16.5. The van der Waals surface area contributed by atoms with E-state index >= 15 is 0 Å². The number of para-hydroxylation sites is 3. The van der Waals surface area contributed by atoms with Crippen LogP contribution in [-0.4, -0.2) is 35.1 Å². The number of amides is 1. The molecule has 3 aromatic rings. The first-order valence-electron chi connectivity index (χ1n) is 9.29. The lowest BCUT2D eigenvalue weighted by atomic mass is 10.2. The maximum Gasteiger partial charge on any atom is 0.220 e. The van der Waals surface area contributed by atoms with Crippen molar-refractivity contribution in [3.05, 3.63) is 60.4 Å². The fourth-order valence-corrected chi connectivity index (χ4v) is 3.01. The lowest BCUT2D eigenvalue weighted by molar-refractivity contribution is -0.121. The number of aromatic nitrogens is 2. The van der Waals surface area contributed by atoms with E-state index in [9.17, 15) is 4.79 Å². The SMILES string of the molecule is CCCNCCNC(=O)CCc1nc2ccccc2n1-c1ccccc1.Cl. The van der Waals surface area contributed by atoms with Gasteiger partial charge in [-0.05, 0) is 37.2 Å². The molecule has 1 heterocycles. The summed E-state index contributed by atoms with van der Waals surface area (Å²) in [6, 6.07) is 18.3. The van der Waals surface area contributed by atoms with E-state index in [1.807, 2.05) is 36.4 Å². The first kappa shape index (κ1) is 20.9. The van der Waals surface area contributed by atoms with Gasteiger partial charge in [0.1, 0.15) is 5.82 Å². The van der Waals surface area contributed by atoms with Crippen LogP contribution >= 0.6 is 12.4 Å². The Balaban J connectivity index is 0.00000261. The molecule has 3 rings (SSSR count). The van der Waals surface area contributed by atoms with E-state index in [0.717, 1.165) is 42.1 Å². The highest BCUT2D eigenvalue weighted by Gasteiger charge is 2.13. The maximum absolute atomic E-state index is 12.1. The van der Waals surface area contributed by atoms with Crippen LogP contribution in [0.25, 0.3) is 16.7 Å². The van der Waals surface area contributed by atoms with Crippen LogP contribution in [0.5, 0.6) is 0 Å². The van der Waals surface area contributed by atoms with Crippen molar-refractivity contribution >= 4 is 29.3 Å². The summed E-state index contributed by atoms with van der Waals surface area (Å²) in [5.41, 5.74) is 3.09. The van der Waals surface area contributed by atoms with Gasteiger partial charge in [0.05, 0.1) is 11.0 Å². The average Bonchev–Trinajstić information content (AvgIpc) is 3.05. The summed E-state index contributed by atoms with van der Waals surface area (Å²) in [5.74, 6) is 0.978. The quantitative estimate of drug-likeness (QED) is 0.553. The van der Waals surface area contributed by atoms with Crippen molar-refractivity contribution in [2.45, 2.75) is 26.2 Å². The van der Waals surface area contributed by atoms with Gasteiger partial charge in [0.2, 0.25) is 5.91 Å². The molecular formula is C21H27ClN4O. The van der Waals surface area contributed by atoms with E-state index in [1.165, 1.54) is 0 Å². The molecule has 1 amide bonds. The minimum Gasteiger partial charge on any atom is -0.355 e. The number of nitrogens with zero attached hydrogens (tertiary/aromatic N) is 2. The number of aryl methyl sites for hydroxylation is 1. The van der Waals surface area contributed by atoms with Gasteiger partial charge in [0.25, 0.3) is 0 Å². The number of imidazole rings is 1. The minimum absolute atomic E-state index is 0. The van der Waals surface area contributed by atoms with E-state index in [1.54, 1.807) is 0 Å². The molecule has 1 aromatic heterocycles. The van der Waals surface area contributed by atoms with E-state index in [2.05, 4.69) is 40.3 Å². The van der Waals surface area contributed by atoms with Crippen LogP contribution in [0.3, 0.4) is 0 Å². The highest BCUT2D eigenvalue weighted by atomic mass is 35.5. The molecule has 144 valence electrons. The van der Waals surface area contributed by atoms with E-state index in [-0.39, 0.29) is 18.3 Å². The number of hydrogen-bond acceptors (Lipinski definition) is 3. The highest BCUT2D eigenvalue weighted by Crippen LogP contribution is 2.22.